The molecule has 0 saturated carbocycles. The van der Waals surface area contributed by atoms with Gasteiger partial charge in [-0.05, 0) is 38.2 Å². The lowest BCUT2D eigenvalue weighted by Crippen LogP contribution is -2.48. The van der Waals surface area contributed by atoms with E-state index in [2.05, 4.69) is 44.8 Å². The van der Waals surface area contributed by atoms with Crippen molar-refractivity contribution < 1.29 is 13.2 Å². The molecule has 0 radical (unpaired) electrons. The van der Waals surface area contributed by atoms with Gasteiger partial charge in [-0.25, -0.2) is 0 Å². The number of guanidine groups is 1. The molecular weight excluding hydrogens is 353 g/mol. The second-order valence-electron chi connectivity index (χ2n) is 7.01. The minimum absolute atomic E-state index is 0.129. The molecule has 1 saturated heterocycles. The highest BCUT2D eigenvalue weighted by atomic mass is 19.4. The summed E-state index contributed by atoms with van der Waals surface area (Å²) in [5, 5.41) is 6.63. The fourth-order valence-corrected chi connectivity index (χ4v) is 3.22. The van der Waals surface area contributed by atoms with Crippen molar-refractivity contribution in [3.8, 4) is 0 Å². The molecule has 0 bridgehead atoms. The first-order chi connectivity index (χ1) is 13.0. The van der Waals surface area contributed by atoms with E-state index >= 15 is 0 Å². The third-order valence-corrected chi connectivity index (χ3v) is 4.66. The smallest absolute Gasteiger partial charge is 0.357 e. The first kappa shape index (κ1) is 21.5. The van der Waals surface area contributed by atoms with Gasteiger partial charge in [0.1, 0.15) is 0 Å². The lowest BCUT2D eigenvalue weighted by Gasteiger charge is -2.33. The Balaban J connectivity index is 1.71. The molecule has 0 unspecified atom stereocenters. The number of halogens is 3. The predicted molar refractivity (Wildman–Crippen MR) is 104 cm³/mol. The molecule has 152 valence electrons. The van der Waals surface area contributed by atoms with Gasteiger partial charge in [-0.3, -0.25) is 9.89 Å². The number of rotatable bonds is 8. The molecule has 0 aromatic heterocycles. The summed E-state index contributed by atoms with van der Waals surface area (Å²) in [6, 6.07) is 10.8. The van der Waals surface area contributed by atoms with E-state index in [4.69, 9.17) is 0 Å². The molecule has 0 atom stereocenters. The molecule has 2 N–H and O–H groups in total. The zero-order valence-electron chi connectivity index (χ0n) is 16.1. The predicted octanol–water partition coefficient (Wildman–Crippen LogP) is 3.94. The van der Waals surface area contributed by atoms with Crippen LogP contribution in [-0.4, -0.2) is 49.3 Å². The first-order valence-electron chi connectivity index (χ1n) is 9.84. The number of hydrogen-bond donors (Lipinski definition) is 2. The average Bonchev–Trinajstić information content (AvgIpc) is 2.63. The minimum Gasteiger partial charge on any atom is -0.357 e. The third-order valence-electron chi connectivity index (χ3n) is 4.66. The van der Waals surface area contributed by atoms with Crippen molar-refractivity contribution in [1.82, 2.24) is 15.5 Å². The molecule has 27 heavy (non-hydrogen) atoms. The van der Waals surface area contributed by atoms with E-state index in [1.54, 1.807) is 0 Å². The Morgan fingerprint density at radius 1 is 1.15 bits per heavy atom. The molecule has 1 aliphatic heterocycles. The van der Waals surface area contributed by atoms with Gasteiger partial charge in [0.15, 0.2) is 5.96 Å². The van der Waals surface area contributed by atoms with Crippen LogP contribution in [0.25, 0.3) is 0 Å². The number of hydrogen-bond acceptors (Lipinski definition) is 2. The summed E-state index contributed by atoms with van der Waals surface area (Å²) >= 11 is 0. The highest BCUT2D eigenvalue weighted by Gasteiger charge is 2.25. The van der Waals surface area contributed by atoms with Crippen LogP contribution < -0.4 is 10.6 Å². The van der Waals surface area contributed by atoms with Gasteiger partial charge in [-0.2, -0.15) is 13.2 Å². The van der Waals surface area contributed by atoms with Gasteiger partial charge in [-0.1, -0.05) is 30.3 Å². The zero-order valence-corrected chi connectivity index (χ0v) is 16.1. The third kappa shape index (κ3) is 9.13. The van der Waals surface area contributed by atoms with Gasteiger partial charge in [0.25, 0.3) is 0 Å². The van der Waals surface area contributed by atoms with E-state index in [0.717, 1.165) is 39.0 Å². The van der Waals surface area contributed by atoms with Crippen LogP contribution in [-0.2, 0) is 6.54 Å². The average molecular weight is 384 g/mol. The Bertz CT molecular complexity index is 552. The van der Waals surface area contributed by atoms with E-state index in [1.807, 2.05) is 13.0 Å². The summed E-state index contributed by atoms with van der Waals surface area (Å²) in [7, 11) is 0. The lowest BCUT2D eigenvalue weighted by molar-refractivity contribution is -0.135. The maximum atomic E-state index is 12.2. The molecule has 1 heterocycles. The summed E-state index contributed by atoms with van der Waals surface area (Å²) in [5.41, 5.74) is 1.33. The van der Waals surface area contributed by atoms with Gasteiger partial charge in [0.05, 0.1) is 0 Å². The monoisotopic (exact) mass is 384 g/mol. The largest absolute Gasteiger partial charge is 0.389 e. The van der Waals surface area contributed by atoms with Crippen LogP contribution >= 0.6 is 0 Å². The normalized spacial score (nSPS) is 17.1. The van der Waals surface area contributed by atoms with Crippen molar-refractivity contribution in [3.05, 3.63) is 35.9 Å². The number of nitrogens with zero attached hydrogens (tertiary/aromatic N) is 2. The summed E-state index contributed by atoms with van der Waals surface area (Å²) in [5.74, 6) is 0.714. The van der Waals surface area contributed by atoms with E-state index in [0.29, 0.717) is 25.0 Å². The number of likely N-dealkylation sites (tertiary alicyclic amines) is 1. The highest BCUT2D eigenvalue weighted by molar-refractivity contribution is 5.80. The van der Waals surface area contributed by atoms with E-state index in [-0.39, 0.29) is 6.42 Å². The molecule has 0 amide bonds. The Kier molecular flexibility index (Phi) is 8.91. The van der Waals surface area contributed by atoms with Gasteiger partial charge < -0.3 is 10.6 Å². The van der Waals surface area contributed by atoms with Crippen LogP contribution in [0.4, 0.5) is 13.2 Å². The second kappa shape index (κ2) is 11.2. The van der Waals surface area contributed by atoms with E-state index in [9.17, 15) is 13.2 Å². The second-order valence-corrected chi connectivity index (χ2v) is 7.01. The Morgan fingerprint density at radius 3 is 2.48 bits per heavy atom. The maximum Gasteiger partial charge on any atom is 0.389 e. The molecule has 2 rings (SSSR count). The molecule has 1 aromatic rings. The van der Waals surface area contributed by atoms with Crippen LogP contribution in [0.1, 0.15) is 44.6 Å². The molecule has 1 aromatic carbocycles. The standard InChI is InChI=1S/C20H31F3N4/c1-2-24-19(25-13-7-6-12-20(21,22)23)26-18-10-14-27(15-11-18)16-17-8-4-3-5-9-17/h3-5,8-9,18H,2,6-7,10-16H2,1H3,(H2,24,25,26). The highest BCUT2D eigenvalue weighted by Crippen LogP contribution is 2.22. The van der Waals surface area contributed by atoms with E-state index in [1.165, 1.54) is 5.56 Å². The molecule has 0 aliphatic carbocycles. The number of nitrogens with one attached hydrogen (secondary N) is 2. The summed E-state index contributed by atoms with van der Waals surface area (Å²) in [6.07, 6.45) is -2.15. The van der Waals surface area contributed by atoms with Crippen molar-refractivity contribution >= 4 is 5.96 Å². The molecule has 4 nitrogen and oxygen atoms in total. The van der Waals surface area contributed by atoms with Gasteiger partial charge >= 0.3 is 6.18 Å². The van der Waals surface area contributed by atoms with E-state index < -0.39 is 12.6 Å². The van der Waals surface area contributed by atoms with Crippen molar-refractivity contribution in [2.24, 2.45) is 4.99 Å². The van der Waals surface area contributed by atoms with Crippen molar-refractivity contribution in [1.29, 1.82) is 0 Å². The summed E-state index contributed by atoms with van der Waals surface area (Å²) < 4.78 is 36.5. The number of piperidine rings is 1. The van der Waals surface area contributed by atoms with Crippen LogP contribution in [0.2, 0.25) is 0 Å². The molecule has 0 spiro atoms. The minimum atomic E-state index is -4.07. The fourth-order valence-electron chi connectivity index (χ4n) is 3.22. The summed E-state index contributed by atoms with van der Waals surface area (Å²) in [6.45, 7) is 6.17. The topological polar surface area (TPSA) is 39.7 Å². The molecule has 1 aliphatic rings. The zero-order chi connectivity index (χ0) is 19.5. The lowest BCUT2D eigenvalue weighted by atomic mass is 10.0. The Labute approximate surface area is 160 Å². The molecule has 1 fully saturated rings. The van der Waals surface area contributed by atoms with Crippen molar-refractivity contribution in [2.75, 3.05) is 26.2 Å². The number of alkyl halides is 3. The number of benzene rings is 1. The fraction of sp³-hybridized carbons (Fsp3) is 0.650. The number of unbranched alkanes of at least 4 members (excludes halogenated alkanes) is 1. The van der Waals surface area contributed by atoms with Gasteiger partial charge in [0.2, 0.25) is 0 Å². The van der Waals surface area contributed by atoms with Crippen LogP contribution in [0.5, 0.6) is 0 Å². The van der Waals surface area contributed by atoms with Gasteiger partial charge in [-0.15, -0.1) is 0 Å². The van der Waals surface area contributed by atoms with Crippen LogP contribution in [0, 0.1) is 0 Å². The summed E-state index contributed by atoms with van der Waals surface area (Å²) in [4.78, 5) is 6.88. The van der Waals surface area contributed by atoms with Crippen molar-refractivity contribution in [3.63, 3.8) is 0 Å². The number of aliphatic imine (C=N–C) groups is 1. The molecular formula is C20H31F3N4. The quantitative estimate of drug-likeness (QED) is 0.405. The van der Waals surface area contributed by atoms with Crippen molar-refractivity contribution in [2.45, 2.75) is 57.8 Å². The first-order valence-corrected chi connectivity index (χ1v) is 9.84. The van der Waals surface area contributed by atoms with Crippen LogP contribution in [0.15, 0.2) is 35.3 Å². The SMILES string of the molecule is CCNC(=NCCCCC(F)(F)F)NC1CCN(Cc2ccccc2)CC1. The molecule has 7 heteroatoms. The van der Waals surface area contributed by atoms with Crippen LogP contribution in [0.3, 0.4) is 0 Å². The Morgan fingerprint density at radius 2 is 1.85 bits per heavy atom. The maximum absolute atomic E-state index is 12.2. The Hall–Kier alpha value is -1.76. The van der Waals surface area contributed by atoms with Gasteiger partial charge in [0, 0.05) is 45.2 Å².